The van der Waals surface area contributed by atoms with Crippen LogP contribution in [0, 0.1) is 0 Å². The van der Waals surface area contributed by atoms with Gasteiger partial charge in [-0.15, -0.1) is 0 Å². The third-order valence-electron chi connectivity index (χ3n) is 4.61. The van der Waals surface area contributed by atoms with Gasteiger partial charge < -0.3 is 4.43 Å². The molecule has 2 heteroatoms. The molecule has 0 amide bonds. The van der Waals surface area contributed by atoms with E-state index in [2.05, 4.69) is 98.8 Å². The average molecular weight is 333 g/mol. The van der Waals surface area contributed by atoms with Crippen LogP contribution in [0.1, 0.15) is 30.5 Å². The molecule has 0 saturated carbocycles. The Morgan fingerprint density at radius 3 is 1.71 bits per heavy atom. The normalized spacial score (nSPS) is 11.9. The van der Waals surface area contributed by atoms with Gasteiger partial charge in [-0.2, -0.15) is 0 Å². The van der Waals surface area contributed by atoms with Gasteiger partial charge in [0.1, 0.15) is 5.60 Å². The molecule has 0 bridgehead atoms. The van der Waals surface area contributed by atoms with E-state index >= 15 is 0 Å². The first-order valence-electron chi connectivity index (χ1n) is 8.55. The summed E-state index contributed by atoms with van der Waals surface area (Å²) in [6.45, 7) is 4.37. The fourth-order valence-electron chi connectivity index (χ4n) is 2.94. The monoisotopic (exact) mass is 332 g/mol. The second-order valence-corrected chi connectivity index (χ2v) is 7.62. The highest BCUT2D eigenvalue weighted by molar-refractivity contribution is 6.47. The van der Waals surface area contributed by atoms with Crippen molar-refractivity contribution < 1.29 is 4.43 Å². The molecule has 0 radical (unpaired) electrons. The molecule has 0 aliphatic rings. The Morgan fingerprint density at radius 2 is 1.25 bits per heavy atom. The summed E-state index contributed by atoms with van der Waals surface area (Å²) in [7, 11) is -0.827. The summed E-state index contributed by atoms with van der Waals surface area (Å²) < 4.78 is 6.60. The first-order valence-corrected chi connectivity index (χ1v) is 9.83. The molecule has 0 fully saturated rings. The van der Waals surface area contributed by atoms with Crippen LogP contribution in [0.2, 0.25) is 0 Å². The van der Waals surface area contributed by atoms with Crippen molar-refractivity contribution in [2.24, 2.45) is 0 Å². The van der Waals surface area contributed by atoms with Crippen molar-refractivity contribution in [1.82, 2.24) is 0 Å². The highest BCUT2D eigenvalue weighted by Crippen LogP contribution is 2.32. The predicted octanol–water partition coefficient (Wildman–Crippen LogP) is 3.94. The fourth-order valence-corrected chi connectivity index (χ4v) is 4.16. The summed E-state index contributed by atoms with van der Waals surface area (Å²) in [4.78, 5) is 0. The zero-order valence-corrected chi connectivity index (χ0v) is 15.8. The maximum absolute atomic E-state index is 6.60. The van der Waals surface area contributed by atoms with E-state index in [4.69, 9.17) is 4.43 Å². The smallest absolute Gasteiger partial charge is 0.193 e. The molecule has 3 rings (SSSR count). The van der Waals surface area contributed by atoms with Crippen LogP contribution in [-0.4, -0.2) is 9.76 Å². The van der Waals surface area contributed by atoms with Crippen molar-refractivity contribution in [2.45, 2.75) is 25.9 Å². The van der Waals surface area contributed by atoms with Gasteiger partial charge in [-0.25, -0.2) is 0 Å². The van der Waals surface area contributed by atoms with E-state index in [-0.39, 0.29) is 0 Å². The topological polar surface area (TPSA) is 9.23 Å². The van der Waals surface area contributed by atoms with E-state index < -0.39 is 15.4 Å². The van der Waals surface area contributed by atoms with E-state index in [0.717, 1.165) is 6.42 Å². The minimum atomic E-state index is -0.827. The van der Waals surface area contributed by atoms with Crippen molar-refractivity contribution in [1.29, 1.82) is 0 Å². The van der Waals surface area contributed by atoms with Gasteiger partial charge in [0.05, 0.1) is 0 Å². The lowest BCUT2D eigenvalue weighted by Crippen LogP contribution is -2.33. The Bertz CT molecular complexity index is 711. The fraction of sp³-hybridized carbons (Fsp3) is 0.182. The van der Waals surface area contributed by atoms with Gasteiger partial charge in [0.15, 0.2) is 9.76 Å². The lowest BCUT2D eigenvalue weighted by atomic mass is 9.88. The van der Waals surface area contributed by atoms with Crippen LogP contribution >= 0.6 is 0 Å². The standard InChI is InChI=1S/C22H24OSi/c1-3-18-14-16-21(17-15-18)24-23-22(2,19-10-6-4-7-11-19)20-12-8-5-9-13-20/h4-17H,3,24H2,1-2H3. The van der Waals surface area contributed by atoms with Crippen LogP contribution in [0.5, 0.6) is 0 Å². The Labute approximate surface area is 147 Å². The summed E-state index contributed by atoms with van der Waals surface area (Å²) in [6.07, 6.45) is 1.08. The second kappa shape index (κ2) is 7.60. The summed E-state index contributed by atoms with van der Waals surface area (Å²) in [5.74, 6) is 0. The maximum Gasteiger partial charge on any atom is 0.193 e. The molecule has 0 saturated heterocycles. The van der Waals surface area contributed by atoms with Crippen molar-refractivity contribution in [3.05, 3.63) is 102 Å². The lowest BCUT2D eigenvalue weighted by Gasteiger charge is -2.32. The SMILES string of the molecule is CCc1ccc([SiH2]OC(C)(c2ccccc2)c2ccccc2)cc1. The number of benzene rings is 3. The lowest BCUT2D eigenvalue weighted by molar-refractivity contribution is 0.143. The summed E-state index contributed by atoms with van der Waals surface area (Å²) >= 11 is 0. The predicted molar refractivity (Wildman–Crippen MR) is 104 cm³/mol. The molecule has 0 aliphatic heterocycles. The summed E-state index contributed by atoms with van der Waals surface area (Å²) in [6, 6.07) is 29.9. The van der Waals surface area contributed by atoms with Crippen LogP contribution < -0.4 is 5.19 Å². The minimum absolute atomic E-state index is 0.405. The van der Waals surface area contributed by atoms with Crippen molar-refractivity contribution in [3.63, 3.8) is 0 Å². The van der Waals surface area contributed by atoms with Crippen LogP contribution in [0.4, 0.5) is 0 Å². The molecule has 0 aromatic heterocycles. The van der Waals surface area contributed by atoms with Crippen molar-refractivity contribution >= 4 is 14.9 Å². The van der Waals surface area contributed by atoms with Gasteiger partial charge in [0, 0.05) is 0 Å². The Hall–Kier alpha value is -2.16. The van der Waals surface area contributed by atoms with Gasteiger partial charge in [-0.05, 0) is 35.2 Å². The van der Waals surface area contributed by atoms with Gasteiger partial charge in [-0.1, -0.05) is 91.9 Å². The Balaban J connectivity index is 1.88. The first-order chi connectivity index (χ1) is 11.7. The molecule has 0 unspecified atom stereocenters. The molecule has 24 heavy (non-hydrogen) atoms. The van der Waals surface area contributed by atoms with E-state index in [9.17, 15) is 0 Å². The average Bonchev–Trinajstić information content (AvgIpc) is 2.68. The third-order valence-corrected chi connectivity index (χ3v) is 6.13. The highest BCUT2D eigenvalue weighted by Gasteiger charge is 2.29. The third kappa shape index (κ3) is 3.66. The van der Waals surface area contributed by atoms with Gasteiger partial charge in [0.25, 0.3) is 0 Å². The molecule has 3 aromatic rings. The van der Waals surface area contributed by atoms with Crippen LogP contribution in [0.15, 0.2) is 84.9 Å². The van der Waals surface area contributed by atoms with Crippen LogP contribution in [0.25, 0.3) is 0 Å². The van der Waals surface area contributed by atoms with E-state index in [1.165, 1.54) is 21.9 Å². The maximum atomic E-state index is 6.60. The zero-order chi connectivity index (χ0) is 16.8. The molecule has 1 nitrogen and oxygen atoms in total. The van der Waals surface area contributed by atoms with Gasteiger partial charge >= 0.3 is 0 Å². The largest absolute Gasteiger partial charge is 0.405 e. The summed E-state index contributed by atoms with van der Waals surface area (Å²) in [5.41, 5.74) is 3.38. The molecule has 0 atom stereocenters. The minimum Gasteiger partial charge on any atom is -0.405 e. The van der Waals surface area contributed by atoms with Crippen LogP contribution in [0.3, 0.4) is 0 Å². The molecular weight excluding hydrogens is 308 g/mol. The van der Waals surface area contributed by atoms with Gasteiger partial charge in [-0.3, -0.25) is 0 Å². The Morgan fingerprint density at radius 1 is 0.750 bits per heavy atom. The quantitative estimate of drug-likeness (QED) is 0.621. The van der Waals surface area contributed by atoms with E-state index in [1.807, 2.05) is 0 Å². The number of aryl methyl sites for hydroxylation is 1. The number of rotatable bonds is 6. The highest BCUT2D eigenvalue weighted by atomic mass is 28.2. The second-order valence-electron chi connectivity index (χ2n) is 6.22. The molecule has 3 aromatic carbocycles. The Kier molecular flexibility index (Phi) is 5.29. The van der Waals surface area contributed by atoms with Gasteiger partial charge in [0.2, 0.25) is 0 Å². The number of hydrogen-bond donors (Lipinski definition) is 0. The molecule has 0 spiro atoms. The summed E-state index contributed by atoms with van der Waals surface area (Å²) in [5, 5.41) is 1.34. The first kappa shape index (κ1) is 16.7. The number of hydrogen-bond acceptors (Lipinski definition) is 1. The molecule has 0 aliphatic carbocycles. The molecule has 0 N–H and O–H groups in total. The molecular formula is C22H24OSi. The van der Waals surface area contributed by atoms with E-state index in [0.29, 0.717) is 0 Å². The van der Waals surface area contributed by atoms with Crippen molar-refractivity contribution in [2.75, 3.05) is 0 Å². The molecule has 122 valence electrons. The van der Waals surface area contributed by atoms with Crippen molar-refractivity contribution in [3.8, 4) is 0 Å². The van der Waals surface area contributed by atoms with E-state index in [1.54, 1.807) is 0 Å². The zero-order valence-electron chi connectivity index (χ0n) is 14.4. The molecule has 0 heterocycles. The van der Waals surface area contributed by atoms with Crippen LogP contribution in [-0.2, 0) is 16.4 Å².